The molecule has 16 heavy (non-hydrogen) atoms. The lowest BCUT2D eigenvalue weighted by Gasteiger charge is -2.10. The number of hydrogen-bond acceptors (Lipinski definition) is 3. The van der Waals surface area contributed by atoms with Crippen LogP contribution < -0.4 is 0 Å². The first-order valence-electron chi connectivity index (χ1n) is 5.19. The molecule has 3 N–H and O–H groups in total. The monoisotopic (exact) mass is 221 g/mol. The van der Waals surface area contributed by atoms with Gasteiger partial charge in [-0.2, -0.15) is 0 Å². The largest absolute Gasteiger partial charge is 0.507 e. The number of aromatic hydroxyl groups is 1. The highest BCUT2D eigenvalue weighted by Gasteiger charge is 2.09. The number of fused-ring (bicyclic) bond motifs is 1. The second-order valence-corrected chi connectivity index (χ2v) is 4.02. The summed E-state index contributed by atoms with van der Waals surface area (Å²) in [6, 6.07) is 5.45. The molecule has 1 unspecified atom stereocenters. The quantitative estimate of drug-likeness (QED) is 0.724. The van der Waals surface area contributed by atoms with Crippen molar-refractivity contribution in [2.45, 2.75) is 19.6 Å². The topological polar surface area (TPSA) is 65.6 Å². The number of phenols is 1. The number of phenolic OH excluding ortho intramolecular Hbond substituents is 1. The minimum Gasteiger partial charge on any atom is -0.507 e. The molecule has 0 aliphatic carbocycles. The van der Waals surface area contributed by atoms with Gasteiger partial charge in [0.15, 0.2) is 0 Å². The molecule has 4 nitrogen and oxygen atoms in total. The maximum absolute atomic E-state index is 9.73. The van der Waals surface area contributed by atoms with E-state index in [1.807, 2.05) is 17.6 Å². The van der Waals surface area contributed by atoms with Gasteiger partial charge in [0.25, 0.3) is 0 Å². The predicted molar refractivity (Wildman–Crippen MR) is 61.4 cm³/mol. The van der Waals surface area contributed by atoms with E-state index in [-0.39, 0.29) is 12.4 Å². The summed E-state index contributed by atoms with van der Waals surface area (Å²) >= 11 is 0. The van der Waals surface area contributed by atoms with Crippen LogP contribution in [0.1, 0.15) is 5.56 Å². The zero-order valence-electron chi connectivity index (χ0n) is 9.09. The van der Waals surface area contributed by atoms with Gasteiger partial charge in [0.2, 0.25) is 0 Å². The summed E-state index contributed by atoms with van der Waals surface area (Å²) in [5.74, 6) is 0.243. The molecule has 0 bridgehead atoms. The van der Waals surface area contributed by atoms with Crippen LogP contribution >= 0.6 is 0 Å². The van der Waals surface area contributed by atoms with Crippen LogP contribution in [0, 0.1) is 6.92 Å². The number of nitrogens with zero attached hydrogens (tertiary/aromatic N) is 1. The number of benzene rings is 1. The summed E-state index contributed by atoms with van der Waals surface area (Å²) in [5.41, 5.74) is 1.83. The minimum absolute atomic E-state index is 0.243. The van der Waals surface area contributed by atoms with Crippen LogP contribution in [-0.2, 0) is 6.54 Å². The Hall–Kier alpha value is -1.52. The minimum atomic E-state index is -0.779. The van der Waals surface area contributed by atoms with Crippen LogP contribution in [0.3, 0.4) is 0 Å². The van der Waals surface area contributed by atoms with E-state index in [0.29, 0.717) is 6.54 Å². The fourth-order valence-electron chi connectivity index (χ4n) is 1.86. The van der Waals surface area contributed by atoms with Gasteiger partial charge < -0.3 is 19.9 Å². The highest BCUT2D eigenvalue weighted by molar-refractivity contribution is 5.86. The first-order chi connectivity index (χ1) is 7.61. The maximum Gasteiger partial charge on any atom is 0.125 e. The van der Waals surface area contributed by atoms with Gasteiger partial charge in [-0.15, -0.1) is 0 Å². The Morgan fingerprint density at radius 1 is 1.38 bits per heavy atom. The molecule has 4 heteroatoms. The normalized spacial score (nSPS) is 13.2. The van der Waals surface area contributed by atoms with E-state index in [4.69, 9.17) is 5.11 Å². The number of aliphatic hydroxyl groups is 2. The Bertz CT molecular complexity index is 504. The molecular formula is C12H15NO3. The van der Waals surface area contributed by atoms with Crippen LogP contribution in [0.25, 0.3) is 10.9 Å². The van der Waals surface area contributed by atoms with Crippen molar-refractivity contribution in [3.8, 4) is 5.75 Å². The Labute approximate surface area is 93.4 Å². The summed E-state index contributed by atoms with van der Waals surface area (Å²) < 4.78 is 1.82. The molecule has 1 aromatic heterocycles. The molecule has 2 rings (SSSR count). The number of rotatable bonds is 3. The molecule has 1 heterocycles. The molecule has 2 aromatic rings. The summed E-state index contributed by atoms with van der Waals surface area (Å²) in [5, 5.41) is 28.7. The summed E-state index contributed by atoms with van der Waals surface area (Å²) in [4.78, 5) is 0. The third-order valence-electron chi connectivity index (χ3n) is 2.63. The van der Waals surface area contributed by atoms with Crippen molar-refractivity contribution in [1.29, 1.82) is 0 Å². The lowest BCUT2D eigenvalue weighted by molar-refractivity contribution is 0.0822. The number of aliphatic hydroxyl groups excluding tert-OH is 2. The predicted octanol–water partition coefficient (Wildman–Crippen LogP) is 1.01. The molecular weight excluding hydrogens is 206 g/mol. The van der Waals surface area contributed by atoms with E-state index in [1.54, 1.807) is 18.3 Å². The van der Waals surface area contributed by atoms with Crippen molar-refractivity contribution in [3.05, 3.63) is 30.0 Å². The number of hydrogen-bond donors (Lipinski definition) is 3. The summed E-state index contributed by atoms with van der Waals surface area (Å²) in [6.07, 6.45) is 1.01. The number of aromatic nitrogens is 1. The lowest BCUT2D eigenvalue weighted by Crippen LogP contribution is -2.19. The third kappa shape index (κ3) is 1.89. The van der Waals surface area contributed by atoms with Gasteiger partial charge in [0.1, 0.15) is 5.75 Å². The maximum atomic E-state index is 9.73. The third-order valence-corrected chi connectivity index (χ3v) is 2.63. The van der Waals surface area contributed by atoms with Gasteiger partial charge in [-0.3, -0.25) is 0 Å². The molecule has 0 saturated carbocycles. The second kappa shape index (κ2) is 4.15. The molecule has 0 radical (unpaired) electrons. The first kappa shape index (κ1) is 11.0. The fourth-order valence-corrected chi connectivity index (χ4v) is 1.86. The lowest BCUT2D eigenvalue weighted by atomic mass is 10.1. The zero-order valence-corrected chi connectivity index (χ0v) is 9.09. The Balaban J connectivity index is 2.47. The molecule has 0 amide bonds. The highest BCUT2D eigenvalue weighted by Crippen LogP contribution is 2.27. The summed E-state index contributed by atoms with van der Waals surface area (Å²) in [6.45, 7) is 1.96. The van der Waals surface area contributed by atoms with Crippen molar-refractivity contribution in [1.82, 2.24) is 4.57 Å². The van der Waals surface area contributed by atoms with Gasteiger partial charge in [-0.1, -0.05) is 0 Å². The molecule has 0 spiro atoms. The van der Waals surface area contributed by atoms with E-state index in [9.17, 15) is 10.2 Å². The van der Waals surface area contributed by atoms with Gasteiger partial charge in [-0.05, 0) is 30.7 Å². The van der Waals surface area contributed by atoms with Crippen LogP contribution in [0.5, 0.6) is 5.75 Å². The van der Waals surface area contributed by atoms with E-state index in [2.05, 4.69) is 0 Å². The van der Waals surface area contributed by atoms with Crippen molar-refractivity contribution < 1.29 is 15.3 Å². The number of aryl methyl sites for hydroxylation is 1. The Morgan fingerprint density at radius 3 is 2.81 bits per heavy atom. The standard InChI is InChI=1S/C12H15NO3/c1-8-4-11-10(12(16)5-8)2-3-13(11)6-9(15)7-14/h2-5,9,14-16H,6-7H2,1H3. The first-order valence-corrected chi connectivity index (χ1v) is 5.19. The van der Waals surface area contributed by atoms with Gasteiger partial charge in [0.05, 0.1) is 24.8 Å². The van der Waals surface area contributed by atoms with Crippen molar-refractivity contribution in [3.63, 3.8) is 0 Å². The van der Waals surface area contributed by atoms with Crippen molar-refractivity contribution in [2.75, 3.05) is 6.61 Å². The highest BCUT2D eigenvalue weighted by atomic mass is 16.3. The Kier molecular flexibility index (Phi) is 2.85. The smallest absolute Gasteiger partial charge is 0.125 e. The van der Waals surface area contributed by atoms with Gasteiger partial charge in [0, 0.05) is 11.6 Å². The van der Waals surface area contributed by atoms with Crippen LogP contribution in [0.15, 0.2) is 24.4 Å². The average molecular weight is 221 g/mol. The van der Waals surface area contributed by atoms with E-state index in [1.165, 1.54) is 0 Å². The SMILES string of the molecule is Cc1cc(O)c2ccn(CC(O)CO)c2c1. The van der Waals surface area contributed by atoms with Gasteiger partial charge in [-0.25, -0.2) is 0 Å². The molecule has 1 atom stereocenters. The molecule has 0 aliphatic rings. The Morgan fingerprint density at radius 2 is 2.12 bits per heavy atom. The van der Waals surface area contributed by atoms with Crippen LogP contribution in [0.2, 0.25) is 0 Å². The van der Waals surface area contributed by atoms with E-state index < -0.39 is 6.10 Å². The average Bonchev–Trinajstić information content (AvgIpc) is 2.61. The van der Waals surface area contributed by atoms with Gasteiger partial charge >= 0.3 is 0 Å². The van der Waals surface area contributed by atoms with E-state index in [0.717, 1.165) is 16.5 Å². The van der Waals surface area contributed by atoms with Crippen molar-refractivity contribution >= 4 is 10.9 Å². The fraction of sp³-hybridized carbons (Fsp3) is 0.333. The molecule has 0 fully saturated rings. The van der Waals surface area contributed by atoms with Crippen LogP contribution in [-0.4, -0.2) is 32.6 Å². The molecule has 0 aliphatic heterocycles. The van der Waals surface area contributed by atoms with Crippen molar-refractivity contribution in [2.24, 2.45) is 0 Å². The molecule has 86 valence electrons. The molecule has 0 saturated heterocycles. The van der Waals surface area contributed by atoms with Crippen LogP contribution in [0.4, 0.5) is 0 Å². The molecule has 1 aromatic carbocycles. The summed E-state index contributed by atoms with van der Waals surface area (Å²) in [7, 11) is 0. The second-order valence-electron chi connectivity index (χ2n) is 4.02. The zero-order chi connectivity index (χ0) is 11.7. The van der Waals surface area contributed by atoms with E-state index >= 15 is 0 Å².